The summed E-state index contributed by atoms with van der Waals surface area (Å²) in [6.07, 6.45) is 2.46. The Morgan fingerprint density at radius 3 is 2.44 bits per heavy atom. The summed E-state index contributed by atoms with van der Waals surface area (Å²) in [5.74, 6) is 1.47. The Morgan fingerprint density at radius 1 is 1.12 bits per heavy atom. The van der Waals surface area contributed by atoms with Gasteiger partial charge in [-0.15, -0.1) is 0 Å². The van der Waals surface area contributed by atoms with E-state index in [2.05, 4.69) is 50.4 Å². The molecule has 0 radical (unpaired) electrons. The first-order valence-electron chi connectivity index (χ1n) is 6.61. The lowest BCUT2D eigenvalue weighted by molar-refractivity contribution is 0.362. The van der Waals surface area contributed by atoms with Crippen LogP contribution >= 0.6 is 0 Å². The number of fused-ring (bicyclic) bond motifs is 1. The Bertz CT molecular complexity index is 345. The van der Waals surface area contributed by atoms with Gasteiger partial charge in [0, 0.05) is 6.04 Å². The van der Waals surface area contributed by atoms with Gasteiger partial charge in [-0.3, -0.25) is 0 Å². The van der Waals surface area contributed by atoms with Gasteiger partial charge in [0.25, 0.3) is 0 Å². The molecule has 1 aromatic carbocycles. The molecular weight excluding hydrogens is 194 g/mol. The summed E-state index contributed by atoms with van der Waals surface area (Å²) in [5.41, 5.74) is 3.11. The van der Waals surface area contributed by atoms with Crippen molar-refractivity contribution in [3.05, 3.63) is 35.4 Å². The fourth-order valence-corrected chi connectivity index (χ4v) is 3.12. The smallest absolute Gasteiger partial charge is 0.0354 e. The molecule has 1 aliphatic rings. The molecule has 1 heteroatoms. The summed E-state index contributed by atoms with van der Waals surface area (Å²) >= 11 is 0. The predicted molar refractivity (Wildman–Crippen MR) is 69.7 cm³/mol. The average Bonchev–Trinajstić information content (AvgIpc) is 2.58. The third kappa shape index (κ3) is 1.89. The van der Waals surface area contributed by atoms with Crippen molar-refractivity contribution < 1.29 is 0 Å². The van der Waals surface area contributed by atoms with Crippen molar-refractivity contribution in [3.8, 4) is 0 Å². The first-order valence-corrected chi connectivity index (χ1v) is 6.61. The zero-order valence-electron chi connectivity index (χ0n) is 10.7. The first kappa shape index (κ1) is 11.7. The molecule has 0 saturated carbocycles. The molecule has 0 saturated heterocycles. The van der Waals surface area contributed by atoms with Gasteiger partial charge in [0.15, 0.2) is 0 Å². The summed E-state index contributed by atoms with van der Waals surface area (Å²) in [6, 6.07) is 9.53. The van der Waals surface area contributed by atoms with E-state index in [1.807, 2.05) is 0 Å². The maximum Gasteiger partial charge on any atom is 0.0354 e. The van der Waals surface area contributed by atoms with Crippen LogP contribution in [-0.2, 0) is 0 Å². The number of benzene rings is 1. The Morgan fingerprint density at radius 2 is 1.81 bits per heavy atom. The van der Waals surface area contributed by atoms with Crippen LogP contribution in [-0.4, -0.2) is 6.54 Å². The lowest BCUT2D eigenvalue weighted by Gasteiger charge is -2.21. The van der Waals surface area contributed by atoms with Crippen LogP contribution in [0.1, 0.15) is 56.7 Å². The van der Waals surface area contributed by atoms with Crippen LogP contribution in [0.3, 0.4) is 0 Å². The molecular formula is C15H23N. The number of rotatable bonds is 4. The zero-order chi connectivity index (χ0) is 11.5. The first-order chi connectivity index (χ1) is 7.79. The van der Waals surface area contributed by atoms with Gasteiger partial charge in [0.05, 0.1) is 0 Å². The van der Waals surface area contributed by atoms with Crippen LogP contribution in [0.5, 0.6) is 0 Å². The van der Waals surface area contributed by atoms with Crippen molar-refractivity contribution in [1.82, 2.24) is 5.32 Å². The van der Waals surface area contributed by atoms with Crippen molar-refractivity contribution in [1.29, 1.82) is 0 Å². The van der Waals surface area contributed by atoms with Gasteiger partial charge in [-0.1, -0.05) is 45.0 Å². The van der Waals surface area contributed by atoms with Gasteiger partial charge in [-0.25, -0.2) is 0 Å². The second-order valence-electron chi connectivity index (χ2n) is 4.93. The molecule has 0 spiro atoms. The molecule has 16 heavy (non-hydrogen) atoms. The van der Waals surface area contributed by atoms with Gasteiger partial charge in [0.2, 0.25) is 0 Å². The summed E-state index contributed by atoms with van der Waals surface area (Å²) in [7, 11) is 0. The molecule has 0 aromatic heterocycles. The van der Waals surface area contributed by atoms with Crippen molar-refractivity contribution in [2.75, 3.05) is 6.54 Å². The Labute approximate surface area is 99.3 Å². The Hall–Kier alpha value is -0.820. The monoisotopic (exact) mass is 217 g/mol. The highest BCUT2D eigenvalue weighted by molar-refractivity contribution is 5.39. The van der Waals surface area contributed by atoms with E-state index in [-0.39, 0.29) is 0 Å². The molecule has 1 nitrogen and oxygen atoms in total. The van der Waals surface area contributed by atoms with Gasteiger partial charge in [-0.2, -0.15) is 0 Å². The normalized spacial score (nSPS) is 28.1. The summed E-state index contributed by atoms with van der Waals surface area (Å²) in [5, 5.41) is 3.70. The second-order valence-corrected chi connectivity index (χ2v) is 4.93. The largest absolute Gasteiger partial charge is 0.310 e. The van der Waals surface area contributed by atoms with Crippen LogP contribution in [0.15, 0.2) is 24.3 Å². The third-order valence-corrected chi connectivity index (χ3v) is 3.95. The van der Waals surface area contributed by atoms with E-state index >= 15 is 0 Å². The maximum absolute atomic E-state index is 3.70. The minimum Gasteiger partial charge on any atom is -0.310 e. The predicted octanol–water partition coefficient (Wildman–Crippen LogP) is 3.87. The van der Waals surface area contributed by atoms with E-state index in [1.165, 1.54) is 18.4 Å². The van der Waals surface area contributed by atoms with E-state index in [4.69, 9.17) is 0 Å². The van der Waals surface area contributed by atoms with E-state index in [9.17, 15) is 0 Å². The second kappa shape index (κ2) is 5.01. The quantitative estimate of drug-likeness (QED) is 0.807. The number of hydrogen-bond donors (Lipinski definition) is 1. The van der Waals surface area contributed by atoms with Crippen molar-refractivity contribution in [2.24, 2.45) is 5.92 Å². The van der Waals surface area contributed by atoms with Crippen LogP contribution in [0.25, 0.3) is 0 Å². The van der Waals surface area contributed by atoms with Crippen molar-refractivity contribution >= 4 is 0 Å². The fraction of sp³-hybridized carbons (Fsp3) is 0.600. The van der Waals surface area contributed by atoms with Crippen LogP contribution in [0.4, 0.5) is 0 Å². The van der Waals surface area contributed by atoms with E-state index in [0.29, 0.717) is 6.04 Å². The van der Waals surface area contributed by atoms with Gasteiger partial charge in [0.1, 0.15) is 0 Å². The van der Waals surface area contributed by atoms with Gasteiger partial charge < -0.3 is 5.32 Å². The molecule has 1 N–H and O–H groups in total. The average molecular weight is 217 g/mol. The van der Waals surface area contributed by atoms with Crippen LogP contribution in [0.2, 0.25) is 0 Å². The number of hydrogen-bond acceptors (Lipinski definition) is 1. The molecule has 2 rings (SSSR count). The molecule has 0 heterocycles. The Kier molecular flexibility index (Phi) is 3.65. The van der Waals surface area contributed by atoms with Gasteiger partial charge >= 0.3 is 0 Å². The molecule has 1 aromatic rings. The minimum atomic E-state index is 0.570. The summed E-state index contributed by atoms with van der Waals surface area (Å²) < 4.78 is 0. The molecule has 3 unspecified atom stereocenters. The van der Waals surface area contributed by atoms with Gasteiger partial charge in [-0.05, 0) is 42.3 Å². The summed E-state index contributed by atoms with van der Waals surface area (Å²) in [4.78, 5) is 0. The van der Waals surface area contributed by atoms with Crippen molar-refractivity contribution in [3.63, 3.8) is 0 Å². The van der Waals surface area contributed by atoms with E-state index < -0.39 is 0 Å². The molecule has 3 atom stereocenters. The highest BCUT2D eigenvalue weighted by Crippen LogP contribution is 2.46. The maximum atomic E-state index is 3.70. The van der Waals surface area contributed by atoms with E-state index in [1.54, 1.807) is 5.56 Å². The zero-order valence-corrected chi connectivity index (χ0v) is 10.7. The highest BCUT2D eigenvalue weighted by atomic mass is 14.9. The number of nitrogens with one attached hydrogen (secondary N) is 1. The third-order valence-electron chi connectivity index (χ3n) is 3.95. The Balaban J connectivity index is 2.27. The summed E-state index contributed by atoms with van der Waals surface area (Å²) in [6.45, 7) is 8.05. The molecule has 0 aliphatic heterocycles. The minimum absolute atomic E-state index is 0.570. The molecule has 0 bridgehead atoms. The topological polar surface area (TPSA) is 12.0 Å². The van der Waals surface area contributed by atoms with Crippen LogP contribution < -0.4 is 5.32 Å². The van der Waals surface area contributed by atoms with Crippen molar-refractivity contribution in [2.45, 2.75) is 45.6 Å². The van der Waals surface area contributed by atoms with E-state index in [0.717, 1.165) is 18.4 Å². The molecule has 0 amide bonds. The van der Waals surface area contributed by atoms with Crippen LogP contribution in [0, 0.1) is 5.92 Å². The fourth-order valence-electron chi connectivity index (χ4n) is 3.12. The highest BCUT2D eigenvalue weighted by Gasteiger charge is 2.35. The molecule has 1 aliphatic carbocycles. The standard InChI is InChI=1S/C15H23N/c1-4-10-16-15-11(3)12(5-2)13-8-6-7-9-14(13)15/h6-9,11-12,15-16H,4-5,10H2,1-3H3. The molecule has 0 fully saturated rings. The lowest BCUT2D eigenvalue weighted by Crippen LogP contribution is -2.25. The lowest BCUT2D eigenvalue weighted by atomic mass is 9.90. The SMILES string of the molecule is CCCNC1c2ccccc2C(CC)C1C. The molecule has 88 valence electrons.